The highest BCUT2D eigenvalue weighted by Gasteiger charge is 2.23. The largest absolute Gasteiger partial charge is 0.504 e. The first kappa shape index (κ1) is 22.4. The standard InChI is InChI=1S/C28H22N2O7/c1-35-21-9-14(4-5-18(21)31)24-25-16-11-23(37-3)20(33)12-17(16)29-28(34)27(25)30-7-6-13-8-19(32)22(36-2)10-15(13)26(24)30/h4-12,31-33H,1-3H3,(H,29,34). The summed E-state index contributed by atoms with van der Waals surface area (Å²) < 4.78 is 17.9. The Morgan fingerprint density at radius 2 is 1.38 bits per heavy atom. The molecule has 186 valence electrons. The van der Waals surface area contributed by atoms with Crippen LogP contribution in [0.15, 0.2) is 59.5 Å². The average molecular weight is 498 g/mol. The van der Waals surface area contributed by atoms with Gasteiger partial charge in [0.25, 0.3) is 5.56 Å². The predicted molar refractivity (Wildman–Crippen MR) is 141 cm³/mol. The van der Waals surface area contributed by atoms with E-state index in [-0.39, 0.29) is 40.1 Å². The fourth-order valence-corrected chi connectivity index (χ4v) is 5.07. The van der Waals surface area contributed by atoms with E-state index in [1.54, 1.807) is 40.9 Å². The zero-order chi connectivity index (χ0) is 26.0. The number of hydrogen-bond donors (Lipinski definition) is 4. The Hall–Kier alpha value is -5.05. The maximum Gasteiger partial charge on any atom is 0.273 e. The minimum Gasteiger partial charge on any atom is -0.504 e. The summed E-state index contributed by atoms with van der Waals surface area (Å²) in [6, 6.07) is 13.3. The van der Waals surface area contributed by atoms with E-state index >= 15 is 0 Å². The number of methoxy groups -OCH3 is 3. The molecule has 6 rings (SSSR count). The van der Waals surface area contributed by atoms with E-state index < -0.39 is 0 Å². The van der Waals surface area contributed by atoms with E-state index in [0.717, 1.165) is 10.8 Å². The van der Waals surface area contributed by atoms with Gasteiger partial charge >= 0.3 is 0 Å². The van der Waals surface area contributed by atoms with Crippen LogP contribution in [0.25, 0.3) is 49.2 Å². The number of H-pyrrole nitrogens is 1. The van der Waals surface area contributed by atoms with Gasteiger partial charge < -0.3 is 38.9 Å². The molecule has 6 aromatic rings. The molecule has 9 heteroatoms. The fourth-order valence-electron chi connectivity index (χ4n) is 5.07. The van der Waals surface area contributed by atoms with Gasteiger partial charge in [-0.25, -0.2) is 0 Å². The molecule has 0 saturated heterocycles. The van der Waals surface area contributed by atoms with Gasteiger partial charge in [0.1, 0.15) is 5.52 Å². The molecule has 3 aromatic heterocycles. The highest BCUT2D eigenvalue weighted by atomic mass is 16.5. The van der Waals surface area contributed by atoms with Crippen LogP contribution in [0.5, 0.6) is 34.5 Å². The van der Waals surface area contributed by atoms with Gasteiger partial charge in [0.05, 0.1) is 32.4 Å². The number of aromatic nitrogens is 2. The summed E-state index contributed by atoms with van der Waals surface area (Å²) in [7, 11) is 4.39. The van der Waals surface area contributed by atoms with Crippen LogP contribution >= 0.6 is 0 Å². The molecule has 0 aliphatic heterocycles. The van der Waals surface area contributed by atoms with Gasteiger partial charge in [-0.05, 0) is 47.3 Å². The zero-order valence-corrected chi connectivity index (χ0v) is 20.1. The number of nitrogens with one attached hydrogen (secondary N) is 1. The third-order valence-corrected chi connectivity index (χ3v) is 6.73. The average Bonchev–Trinajstić information content (AvgIpc) is 3.24. The first-order valence-electron chi connectivity index (χ1n) is 11.3. The van der Waals surface area contributed by atoms with E-state index in [2.05, 4.69) is 4.98 Å². The van der Waals surface area contributed by atoms with Gasteiger partial charge in [0, 0.05) is 34.0 Å². The molecule has 0 bridgehead atoms. The van der Waals surface area contributed by atoms with Crippen molar-refractivity contribution in [3.8, 4) is 45.6 Å². The summed E-state index contributed by atoms with van der Waals surface area (Å²) >= 11 is 0. The van der Waals surface area contributed by atoms with Crippen molar-refractivity contribution in [2.45, 2.75) is 0 Å². The summed E-state index contributed by atoms with van der Waals surface area (Å²) in [4.78, 5) is 16.4. The molecule has 0 atom stereocenters. The number of aromatic amines is 1. The number of phenolic OH excluding ortho intramolecular Hbond substituents is 3. The van der Waals surface area contributed by atoms with Gasteiger partial charge in [0.2, 0.25) is 0 Å². The SMILES string of the molecule is COc1cc(-c2c3c4cc(OC)c(O)cc4[nH]c(=O)c3n3ccc4cc(O)c(OC)cc4c23)ccc1O. The minimum absolute atomic E-state index is 0.00757. The summed E-state index contributed by atoms with van der Waals surface area (Å²) in [6.07, 6.45) is 1.77. The molecule has 4 N–H and O–H groups in total. The predicted octanol–water partition coefficient (Wildman–Crippen LogP) is 4.90. The second-order valence-electron chi connectivity index (χ2n) is 8.65. The molecule has 3 aromatic carbocycles. The van der Waals surface area contributed by atoms with Gasteiger partial charge in [-0.3, -0.25) is 4.79 Å². The topological polar surface area (TPSA) is 126 Å². The Balaban J connectivity index is 1.94. The van der Waals surface area contributed by atoms with E-state index in [0.29, 0.717) is 38.4 Å². The van der Waals surface area contributed by atoms with E-state index in [9.17, 15) is 20.1 Å². The summed E-state index contributed by atoms with van der Waals surface area (Å²) in [6.45, 7) is 0. The quantitative estimate of drug-likeness (QED) is 0.272. The lowest BCUT2D eigenvalue weighted by atomic mass is 9.97. The Labute approximate surface area is 209 Å². The molecule has 0 spiro atoms. The van der Waals surface area contributed by atoms with Crippen molar-refractivity contribution < 1.29 is 29.5 Å². The first-order valence-corrected chi connectivity index (χ1v) is 11.3. The maximum atomic E-state index is 13.5. The minimum atomic E-state index is -0.357. The van der Waals surface area contributed by atoms with Crippen molar-refractivity contribution in [1.29, 1.82) is 0 Å². The van der Waals surface area contributed by atoms with Crippen molar-refractivity contribution in [3.05, 3.63) is 65.1 Å². The Morgan fingerprint density at radius 3 is 2.08 bits per heavy atom. The van der Waals surface area contributed by atoms with Crippen LogP contribution in [-0.2, 0) is 0 Å². The van der Waals surface area contributed by atoms with Crippen LogP contribution in [0.2, 0.25) is 0 Å². The molecule has 0 unspecified atom stereocenters. The monoisotopic (exact) mass is 498 g/mol. The van der Waals surface area contributed by atoms with E-state index in [4.69, 9.17) is 14.2 Å². The highest BCUT2D eigenvalue weighted by molar-refractivity contribution is 6.22. The Bertz CT molecular complexity index is 1950. The van der Waals surface area contributed by atoms with E-state index in [1.165, 1.54) is 33.5 Å². The lowest BCUT2D eigenvalue weighted by Gasteiger charge is -2.11. The van der Waals surface area contributed by atoms with Gasteiger partial charge in [0.15, 0.2) is 34.5 Å². The molecule has 0 aliphatic rings. The number of nitrogens with zero attached hydrogens (tertiary/aromatic N) is 1. The van der Waals surface area contributed by atoms with Crippen LogP contribution in [0.4, 0.5) is 0 Å². The first-order chi connectivity index (χ1) is 17.9. The molecule has 0 radical (unpaired) electrons. The van der Waals surface area contributed by atoms with Crippen molar-refractivity contribution >= 4 is 38.1 Å². The third kappa shape index (κ3) is 3.14. The van der Waals surface area contributed by atoms with Crippen LogP contribution in [0, 0.1) is 0 Å². The molecule has 0 saturated carbocycles. The van der Waals surface area contributed by atoms with E-state index in [1.807, 2.05) is 6.07 Å². The molecule has 0 amide bonds. The van der Waals surface area contributed by atoms with Crippen molar-refractivity contribution in [2.24, 2.45) is 0 Å². The van der Waals surface area contributed by atoms with Gasteiger partial charge in [-0.2, -0.15) is 0 Å². The lowest BCUT2D eigenvalue weighted by molar-refractivity contribution is 0.373. The van der Waals surface area contributed by atoms with Crippen molar-refractivity contribution in [1.82, 2.24) is 9.38 Å². The van der Waals surface area contributed by atoms with Gasteiger partial charge in [-0.1, -0.05) is 6.07 Å². The van der Waals surface area contributed by atoms with Crippen LogP contribution in [0.3, 0.4) is 0 Å². The molecular formula is C28H22N2O7. The number of pyridine rings is 2. The zero-order valence-electron chi connectivity index (χ0n) is 20.1. The van der Waals surface area contributed by atoms with Gasteiger partial charge in [-0.15, -0.1) is 0 Å². The number of fused-ring (bicyclic) bond motifs is 7. The van der Waals surface area contributed by atoms with Crippen molar-refractivity contribution in [2.75, 3.05) is 21.3 Å². The number of aromatic hydroxyl groups is 3. The maximum absolute atomic E-state index is 13.5. The Kier molecular flexibility index (Phi) is 4.84. The molecule has 3 heterocycles. The number of hydrogen-bond acceptors (Lipinski definition) is 7. The van der Waals surface area contributed by atoms with Crippen LogP contribution in [0.1, 0.15) is 0 Å². The highest BCUT2D eigenvalue weighted by Crippen LogP contribution is 2.45. The molecule has 37 heavy (non-hydrogen) atoms. The Morgan fingerprint density at radius 1 is 0.730 bits per heavy atom. The second-order valence-corrected chi connectivity index (χ2v) is 8.65. The molecule has 0 aliphatic carbocycles. The van der Waals surface area contributed by atoms with Crippen LogP contribution in [-0.4, -0.2) is 46.0 Å². The smallest absolute Gasteiger partial charge is 0.273 e. The summed E-state index contributed by atoms with van der Waals surface area (Å²) in [5, 5.41) is 33.8. The number of rotatable bonds is 4. The fraction of sp³-hybridized carbons (Fsp3) is 0.107. The third-order valence-electron chi connectivity index (χ3n) is 6.73. The molecular weight excluding hydrogens is 476 g/mol. The summed E-state index contributed by atoms with van der Waals surface area (Å²) in [5.41, 5.74) is 2.51. The second kappa shape index (κ2) is 7.99. The molecule has 0 fully saturated rings. The number of ether oxygens (including phenoxy) is 3. The normalized spacial score (nSPS) is 11.5. The molecule has 9 nitrogen and oxygen atoms in total. The summed E-state index contributed by atoms with van der Waals surface area (Å²) in [5.74, 6) is 0.668. The van der Waals surface area contributed by atoms with Crippen molar-refractivity contribution in [3.63, 3.8) is 0 Å². The number of benzene rings is 3. The number of phenols is 3. The van der Waals surface area contributed by atoms with Crippen LogP contribution < -0.4 is 19.8 Å². The lowest BCUT2D eigenvalue weighted by Crippen LogP contribution is -2.08.